The molecule has 0 saturated heterocycles. The Balaban J connectivity index is 0.000000980. The van der Waals surface area contributed by atoms with Crippen molar-refractivity contribution >= 4 is 17.1 Å². The summed E-state index contributed by atoms with van der Waals surface area (Å²) in [5, 5.41) is 8.51. The molecule has 2 rings (SSSR count). The van der Waals surface area contributed by atoms with Crippen LogP contribution in [0.1, 0.15) is 12.1 Å². The van der Waals surface area contributed by atoms with Gasteiger partial charge in [0, 0.05) is 6.07 Å². The van der Waals surface area contributed by atoms with E-state index in [0.29, 0.717) is 0 Å². The Hall–Kier alpha value is -0.910. The number of aromatic carboxylic acids is 1. The fourth-order valence-electron chi connectivity index (χ4n) is 0.992. The summed E-state index contributed by atoms with van der Waals surface area (Å²) in [4.78, 5) is 14.0. The third-order valence-electron chi connectivity index (χ3n) is 1.53. The van der Waals surface area contributed by atoms with Gasteiger partial charge in [0.15, 0.2) is 5.58 Å². The summed E-state index contributed by atoms with van der Waals surface area (Å²) in [5.41, 5.74) is 0.469. The number of oxazole rings is 1. The van der Waals surface area contributed by atoms with Crippen LogP contribution in [0.5, 0.6) is 0 Å². The second-order valence-corrected chi connectivity index (χ2v) is 2.44. The van der Waals surface area contributed by atoms with Crippen LogP contribution in [0.3, 0.4) is 0 Å². The van der Waals surface area contributed by atoms with Gasteiger partial charge in [-0.15, -0.1) is 0 Å². The second kappa shape index (κ2) is 4.08. The zero-order chi connectivity index (χ0) is 9.42. The molecular formula is C8H5FNNaO3. The average molecular weight is 205 g/mol. The average Bonchev–Trinajstić information content (AvgIpc) is 2.46. The molecule has 14 heavy (non-hydrogen) atoms. The van der Waals surface area contributed by atoms with Gasteiger partial charge in [0.25, 0.3) is 0 Å². The fraction of sp³-hybridized carbons (Fsp3) is 0. The Bertz CT molecular complexity index is 488. The third kappa shape index (κ3) is 1.95. The van der Waals surface area contributed by atoms with Gasteiger partial charge >= 0.3 is 41.4 Å². The molecule has 0 unspecified atom stereocenters. The number of carbonyl (C=O) groups is 1. The van der Waals surface area contributed by atoms with Gasteiger partial charge in [0.05, 0.1) is 0 Å². The number of fused-ring (bicyclic) bond motifs is 1. The molecule has 0 amide bonds. The molecule has 0 aliphatic heterocycles. The molecule has 1 aromatic carbocycles. The molecule has 0 fully saturated rings. The normalized spacial score (nSPS) is 9.79. The summed E-state index contributed by atoms with van der Waals surface area (Å²) in [6.45, 7) is 0. The standard InChI is InChI=1S/C8H4FNO3.Na.H/c9-4-1-2-6-5(3-4)10-7(13-6)8(11)12;;/h1-3H,(H,11,12);;/q;+1;-1. The molecule has 0 saturated carbocycles. The number of rotatable bonds is 1. The van der Waals surface area contributed by atoms with Gasteiger partial charge < -0.3 is 11.0 Å². The molecule has 0 spiro atoms. The van der Waals surface area contributed by atoms with E-state index in [1.807, 2.05) is 0 Å². The van der Waals surface area contributed by atoms with Crippen LogP contribution in [0.25, 0.3) is 11.1 Å². The van der Waals surface area contributed by atoms with Crippen LogP contribution >= 0.6 is 0 Å². The molecule has 2 aromatic rings. The van der Waals surface area contributed by atoms with E-state index in [-0.39, 0.29) is 42.1 Å². The van der Waals surface area contributed by atoms with Crippen LogP contribution < -0.4 is 29.6 Å². The number of hydrogen-bond acceptors (Lipinski definition) is 3. The minimum atomic E-state index is -1.27. The Labute approximate surface area is 102 Å². The van der Waals surface area contributed by atoms with E-state index in [2.05, 4.69) is 4.98 Å². The molecule has 1 N–H and O–H groups in total. The number of hydrogen-bond donors (Lipinski definition) is 1. The van der Waals surface area contributed by atoms with Gasteiger partial charge in [-0.2, -0.15) is 0 Å². The maximum absolute atomic E-state index is 12.6. The molecule has 1 aromatic heterocycles. The van der Waals surface area contributed by atoms with Crippen LogP contribution in [0.15, 0.2) is 22.6 Å². The smallest absolute Gasteiger partial charge is 1.00 e. The first-order valence-corrected chi connectivity index (χ1v) is 3.46. The number of carboxylic acid groups (broad SMARTS) is 1. The largest absolute Gasteiger partial charge is 1.00 e. The summed E-state index contributed by atoms with van der Waals surface area (Å²) >= 11 is 0. The van der Waals surface area contributed by atoms with Crippen molar-refractivity contribution in [2.45, 2.75) is 0 Å². The summed E-state index contributed by atoms with van der Waals surface area (Å²) in [7, 11) is 0. The Morgan fingerprint density at radius 3 is 2.93 bits per heavy atom. The molecule has 0 atom stereocenters. The van der Waals surface area contributed by atoms with Gasteiger partial charge in [0.2, 0.25) is 0 Å². The number of benzene rings is 1. The Morgan fingerprint density at radius 2 is 2.29 bits per heavy atom. The van der Waals surface area contributed by atoms with E-state index >= 15 is 0 Å². The van der Waals surface area contributed by atoms with Crippen molar-refractivity contribution in [1.29, 1.82) is 0 Å². The van der Waals surface area contributed by atoms with E-state index < -0.39 is 17.7 Å². The van der Waals surface area contributed by atoms with Crippen molar-refractivity contribution in [3.63, 3.8) is 0 Å². The summed E-state index contributed by atoms with van der Waals surface area (Å²) in [6.07, 6.45) is 0. The van der Waals surface area contributed by atoms with Crippen LogP contribution in [0.2, 0.25) is 0 Å². The maximum atomic E-state index is 12.6. The van der Waals surface area contributed by atoms with E-state index in [4.69, 9.17) is 9.52 Å². The zero-order valence-electron chi connectivity index (χ0n) is 8.32. The molecule has 0 aliphatic carbocycles. The molecule has 6 heteroatoms. The predicted molar refractivity (Wildman–Crippen MR) is 42.0 cm³/mol. The van der Waals surface area contributed by atoms with E-state index in [1.54, 1.807) is 0 Å². The topological polar surface area (TPSA) is 63.3 Å². The van der Waals surface area contributed by atoms with Crippen molar-refractivity contribution in [2.24, 2.45) is 0 Å². The van der Waals surface area contributed by atoms with E-state index in [1.165, 1.54) is 12.1 Å². The van der Waals surface area contributed by atoms with Crippen LogP contribution in [-0.2, 0) is 0 Å². The number of aromatic nitrogens is 1. The molecular weight excluding hydrogens is 200 g/mol. The molecule has 0 aliphatic rings. The molecule has 4 nitrogen and oxygen atoms in total. The van der Waals surface area contributed by atoms with Gasteiger partial charge in [0.1, 0.15) is 11.3 Å². The van der Waals surface area contributed by atoms with E-state index in [0.717, 1.165) is 6.07 Å². The van der Waals surface area contributed by atoms with Crippen LogP contribution in [-0.4, -0.2) is 16.1 Å². The van der Waals surface area contributed by atoms with E-state index in [9.17, 15) is 9.18 Å². The van der Waals surface area contributed by atoms with Crippen molar-refractivity contribution in [3.05, 3.63) is 29.9 Å². The van der Waals surface area contributed by atoms with Crippen molar-refractivity contribution in [1.82, 2.24) is 4.98 Å². The monoisotopic (exact) mass is 205 g/mol. The van der Waals surface area contributed by atoms with Crippen molar-refractivity contribution in [2.75, 3.05) is 0 Å². The summed E-state index contributed by atoms with van der Waals surface area (Å²) in [5.74, 6) is -2.17. The fourth-order valence-corrected chi connectivity index (χ4v) is 0.992. The van der Waals surface area contributed by atoms with Gasteiger partial charge in [-0.25, -0.2) is 14.2 Å². The van der Waals surface area contributed by atoms with Crippen LogP contribution in [0, 0.1) is 5.82 Å². The molecule has 1 heterocycles. The van der Waals surface area contributed by atoms with Gasteiger partial charge in [-0.3, -0.25) is 0 Å². The molecule has 0 radical (unpaired) electrons. The maximum Gasteiger partial charge on any atom is 1.00 e. The SMILES string of the molecule is O=C(O)c1nc2cc(F)ccc2o1.[H-].[Na+]. The second-order valence-electron chi connectivity index (χ2n) is 2.44. The number of nitrogens with zero attached hydrogens (tertiary/aromatic N) is 1. The van der Waals surface area contributed by atoms with Crippen molar-refractivity contribution in [3.8, 4) is 0 Å². The first kappa shape index (κ1) is 11.2. The summed E-state index contributed by atoms with van der Waals surface area (Å²) in [6, 6.07) is 3.63. The molecule has 68 valence electrons. The van der Waals surface area contributed by atoms with Crippen LogP contribution in [0.4, 0.5) is 4.39 Å². The minimum Gasteiger partial charge on any atom is -1.00 e. The van der Waals surface area contributed by atoms with Gasteiger partial charge in [-0.1, -0.05) is 0 Å². The Morgan fingerprint density at radius 1 is 1.57 bits per heavy atom. The zero-order valence-corrected chi connectivity index (χ0v) is 9.32. The molecule has 0 bridgehead atoms. The number of carboxylic acids is 1. The quantitative estimate of drug-likeness (QED) is 0.593. The number of halogens is 1. The van der Waals surface area contributed by atoms with Crippen molar-refractivity contribution < 1.29 is 49.7 Å². The first-order chi connectivity index (χ1) is 6.16. The minimum absolute atomic E-state index is 0. The Kier molecular flexibility index (Phi) is 3.25. The first-order valence-electron chi connectivity index (χ1n) is 3.46. The van der Waals surface area contributed by atoms with Gasteiger partial charge in [-0.05, 0) is 12.1 Å². The third-order valence-corrected chi connectivity index (χ3v) is 1.53. The predicted octanol–water partition coefficient (Wildman–Crippen LogP) is -1.22. The summed E-state index contributed by atoms with van der Waals surface area (Å²) < 4.78 is 17.4.